The maximum Gasteiger partial charge on any atom is 0.416 e. The Balaban J connectivity index is 1.45. The number of carbonyl (C=O) groups excluding carboxylic acids is 1. The number of hydrogen-bond donors (Lipinski definition) is 0. The first-order chi connectivity index (χ1) is 14.2. The van der Waals surface area contributed by atoms with E-state index in [-0.39, 0.29) is 24.0 Å². The monoisotopic (exact) mass is 423 g/mol. The van der Waals surface area contributed by atoms with Gasteiger partial charge in [-0.25, -0.2) is 0 Å². The number of ether oxygens (including phenoxy) is 1. The van der Waals surface area contributed by atoms with Crippen molar-refractivity contribution in [3.05, 3.63) is 69.8 Å². The van der Waals surface area contributed by atoms with Crippen LogP contribution in [-0.2, 0) is 17.5 Å². The zero-order valence-corrected chi connectivity index (χ0v) is 16.0. The number of piperazine rings is 1. The molecule has 0 radical (unpaired) electrons. The minimum atomic E-state index is -4.35. The van der Waals surface area contributed by atoms with Crippen LogP contribution in [0.15, 0.2) is 48.5 Å². The minimum Gasteiger partial charge on any atom is -0.484 e. The highest BCUT2D eigenvalue weighted by Gasteiger charge is 2.30. The molecule has 3 rings (SSSR count). The summed E-state index contributed by atoms with van der Waals surface area (Å²) in [7, 11) is 0. The summed E-state index contributed by atoms with van der Waals surface area (Å²) in [5.41, 5.74) is -0.0148. The molecule has 1 aliphatic heterocycles. The molecule has 0 aliphatic carbocycles. The maximum atomic E-state index is 12.6. The van der Waals surface area contributed by atoms with Crippen molar-refractivity contribution in [2.75, 3.05) is 32.8 Å². The predicted octanol–water partition coefficient (Wildman–Crippen LogP) is 3.34. The highest BCUT2D eigenvalue weighted by atomic mass is 19.4. The molecular formula is C20H20F3N3O4. The molecule has 2 aromatic carbocycles. The van der Waals surface area contributed by atoms with Gasteiger partial charge in [-0.3, -0.25) is 19.8 Å². The Hall–Kier alpha value is -3.14. The number of non-ortho nitro benzene ring substituents is 1. The second-order valence-corrected chi connectivity index (χ2v) is 6.89. The summed E-state index contributed by atoms with van der Waals surface area (Å²) in [4.78, 5) is 26.3. The number of halogens is 3. The van der Waals surface area contributed by atoms with Gasteiger partial charge in [0.1, 0.15) is 5.75 Å². The molecule has 30 heavy (non-hydrogen) atoms. The molecule has 2 aromatic rings. The molecule has 0 unspecified atom stereocenters. The number of alkyl halides is 3. The van der Waals surface area contributed by atoms with E-state index in [0.29, 0.717) is 32.7 Å². The van der Waals surface area contributed by atoms with Gasteiger partial charge < -0.3 is 9.64 Å². The first kappa shape index (κ1) is 21.6. The number of carbonyl (C=O) groups is 1. The molecule has 1 amide bonds. The predicted molar refractivity (Wildman–Crippen MR) is 102 cm³/mol. The van der Waals surface area contributed by atoms with Crippen molar-refractivity contribution in [3.8, 4) is 5.75 Å². The van der Waals surface area contributed by atoms with Gasteiger partial charge in [0.05, 0.1) is 16.6 Å². The average molecular weight is 423 g/mol. The Morgan fingerprint density at radius 2 is 1.73 bits per heavy atom. The van der Waals surface area contributed by atoms with Gasteiger partial charge in [-0.15, -0.1) is 0 Å². The van der Waals surface area contributed by atoms with Crippen LogP contribution in [0.4, 0.5) is 18.9 Å². The van der Waals surface area contributed by atoms with Gasteiger partial charge in [0.25, 0.3) is 11.6 Å². The Morgan fingerprint density at radius 3 is 2.33 bits per heavy atom. The van der Waals surface area contributed by atoms with Crippen LogP contribution in [0.3, 0.4) is 0 Å². The molecule has 1 heterocycles. The second kappa shape index (κ2) is 9.12. The molecule has 0 atom stereocenters. The van der Waals surface area contributed by atoms with Gasteiger partial charge >= 0.3 is 6.18 Å². The third kappa shape index (κ3) is 5.69. The highest BCUT2D eigenvalue weighted by Crippen LogP contribution is 2.29. The van der Waals surface area contributed by atoms with Gasteiger partial charge in [-0.05, 0) is 23.8 Å². The van der Waals surface area contributed by atoms with Crippen LogP contribution >= 0.6 is 0 Å². The SMILES string of the molecule is O=C(COc1cccc([N+](=O)[O-])c1)N1CCN(Cc2ccc(C(F)(F)F)cc2)CC1. The topological polar surface area (TPSA) is 75.9 Å². The Morgan fingerprint density at radius 1 is 1.07 bits per heavy atom. The lowest BCUT2D eigenvalue weighted by Crippen LogP contribution is -2.49. The third-order valence-corrected chi connectivity index (χ3v) is 4.80. The lowest BCUT2D eigenvalue weighted by molar-refractivity contribution is -0.384. The Bertz CT molecular complexity index is 895. The molecule has 0 saturated carbocycles. The van der Waals surface area contributed by atoms with E-state index in [1.54, 1.807) is 11.0 Å². The second-order valence-electron chi connectivity index (χ2n) is 6.89. The fraction of sp³-hybridized carbons (Fsp3) is 0.350. The van der Waals surface area contributed by atoms with Crippen molar-refractivity contribution in [2.45, 2.75) is 12.7 Å². The number of nitro benzene ring substituents is 1. The number of nitro groups is 1. The van der Waals surface area contributed by atoms with E-state index in [2.05, 4.69) is 4.90 Å². The van der Waals surface area contributed by atoms with Gasteiger partial charge in [0, 0.05) is 38.8 Å². The normalized spacial score (nSPS) is 15.1. The van der Waals surface area contributed by atoms with Crippen LogP contribution in [-0.4, -0.2) is 53.4 Å². The molecule has 10 heteroatoms. The number of amides is 1. The quantitative estimate of drug-likeness (QED) is 0.526. The van der Waals surface area contributed by atoms with E-state index >= 15 is 0 Å². The van der Waals surface area contributed by atoms with Crippen LogP contribution in [0.25, 0.3) is 0 Å². The van der Waals surface area contributed by atoms with Gasteiger partial charge in [0.2, 0.25) is 0 Å². The zero-order valence-electron chi connectivity index (χ0n) is 16.0. The van der Waals surface area contributed by atoms with Crippen LogP contribution in [0, 0.1) is 10.1 Å². The summed E-state index contributed by atoms with van der Waals surface area (Å²) < 4.78 is 43.3. The number of hydrogen-bond acceptors (Lipinski definition) is 5. The number of rotatable bonds is 6. The average Bonchev–Trinajstić information content (AvgIpc) is 2.72. The zero-order chi connectivity index (χ0) is 21.7. The van der Waals surface area contributed by atoms with Crippen LogP contribution < -0.4 is 4.74 Å². The molecule has 7 nitrogen and oxygen atoms in total. The number of benzene rings is 2. The van der Waals surface area contributed by atoms with Crippen molar-refractivity contribution in [3.63, 3.8) is 0 Å². The first-order valence-electron chi connectivity index (χ1n) is 9.26. The van der Waals surface area contributed by atoms with Crippen molar-refractivity contribution in [1.82, 2.24) is 9.80 Å². The standard InChI is InChI=1S/C20H20F3N3O4/c21-20(22,23)16-6-4-15(5-7-16)13-24-8-10-25(11-9-24)19(27)14-30-18-3-1-2-17(12-18)26(28)29/h1-7,12H,8-11,13-14H2. The van der Waals surface area contributed by atoms with Crippen LogP contribution in [0.1, 0.15) is 11.1 Å². The molecule has 0 N–H and O–H groups in total. The number of nitrogens with zero attached hydrogens (tertiary/aromatic N) is 3. The van der Waals surface area contributed by atoms with Crippen LogP contribution in [0.2, 0.25) is 0 Å². The van der Waals surface area contributed by atoms with Crippen molar-refractivity contribution >= 4 is 11.6 Å². The Labute approximate surface area is 170 Å². The summed E-state index contributed by atoms with van der Waals surface area (Å²) in [6.45, 7) is 2.40. The smallest absolute Gasteiger partial charge is 0.416 e. The third-order valence-electron chi connectivity index (χ3n) is 4.80. The lowest BCUT2D eigenvalue weighted by Gasteiger charge is -2.34. The molecule has 0 spiro atoms. The summed E-state index contributed by atoms with van der Waals surface area (Å²) >= 11 is 0. The van der Waals surface area contributed by atoms with Crippen molar-refractivity contribution in [2.24, 2.45) is 0 Å². The summed E-state index contributed by atoms with van der Waals surface area (Å²) in [5.74, 6) is 0.0224. The van der Waals surface area contributed by atoms with E-state index in [4.69, 9.17) is 4.74 Å². The van der Waals surface area contributed by atoms with E-state index in [1.807, 2.05) is 0 Å². The lowest BCUT2D eigenvalue weighted by atomic mass is 10.1. The van der Waals surface area contributed by atoms with Crippen molar-refractivity contribution < 1.29 is 27.6 Å². The Kier molecular flexibility index (Phi) is 6.56. The van der Waals surface area contributed by atoms with E-state index in [9.17, 15) is 28.1 Å². The largest absolute Gasteiger partial charge is 0.484 e. The molecule has 160 valence electrons. The minimum absolute atomic E-state index is 0.114. The van der Waals surface area contributed by atoms with E-state index < -0.39 is 16.7 Å². The van der Waals surface area contributed by atoms with Gasteiger partial charge in [-0.1, -0.05) is 18.2 Å². The molecule has 0 aromatic heterocycles. The molecular weight excluding hydrogens is 403 g/mol. The van der Waals surface area contributed by atoms with Crippen LogP contribution in [0.5, 0.6) is 5.75 Å². The summed E-state index contributed by atoms with van der Waals surface area (Å²) in [6.07, 6.45) is -4.35. The molecule has 0 bridgehead atoms. The summed E-state index contributed by atoms with van der Waals surface area (Å²) in [6, 6.07) is 10.7. The van der Waals surface area contributed by atoms with Gasteiger partial charge in [0.15, 0.2) is 6.61 Å². The van der Waals surface area contributed by atoms with Gasteiger partial charge in [-0.2, -0.15) is 13.2 Å². The maximum absolute atomic E-state index is 12.6. The fourth-order valence-corrected chi connectivity index (χ4v) is 3.14. The summed E-state index contributed by atoms with van der Waals surface area (Å²) in [5, 5.41) is 10.8. The fourth-order valence-electron chi connectivity index (χ4n) is 3.14. The molecule has 1 saturated heterocycles. The highest BCUT2D eigenvalue weighted by molar-refractivity contribution is 5.77. The molecule has 1 fully saturated rings. The molecule has 1 aliphatic rings. The van der Waals surface area contributed by atoms with E-state index in [0.717, 1.165) is 17.7 Å². The van der Waals surface area contributed by atoms with Crippen molar-refractivity contribution in [1.29, 1.82) is 0 Å². The van der Waals surface area contributed by atoms with E-state index in [1.165, 1.54) is 30.3 Å². The first-order valence-corrected chi connectivity index (χ1v) is 9.26.